The van der Waals surface area contributed by atoms with E-state index in [4.69, 9.17) is 0 Å². The summed E-state index contributed by atoms with van der Waals surface area (Å²) >= 11 is 0. The maximum atomic E-state index is 12.5. The molecule has 0 spiro atoms. The minimum atomic E-state index is -0.190. The summed E-state index contributed by atoms with van der Waals surface area (Å²) in [6.45, 7) is 3.97. The van der Waals surface area contributed by atoms with Gasteiger partial charge in [0.15, 0.2) is 5.65 Å². The van der Waals surface area contributed by atoms with Crippen molar-refractivity contribution in [3.63, 3.8) is 0 Å². The van der Waals surface area contributed by atoms with Gasteiger partial charge in [-0.1, -0.05) is 30.3 Å². The van der Waals surface area contributed by atoms with Crippen molar-refractivity contribution in [3.8, 4) is 11.1 Å². The maximum absolute atomic E-state index is 12.5. The minimum Gasteiger partial charge on any atom is -0.309 e. The molecule has 0 aliphatic heterocycles. The molecule has 4 rings (SSSR count). The fourth-order valence-corrected chi connectivity index (χ4v) is 3.17. The molecule has 0 radical (unpaired) electrons. The number of anilines is 1. The number of hydrogen-bond acceptors (Lipinski definition) is 4. The smallest absolute Gasteiger partial charge is 0.247 e. The largest absolute Gasteiger partial charge is 0.309 e. The molecule has 1 aromatic carbocycles. The molecule has 1 N–H and O–H groups in total. The van der Waals surface area contributed by atoms with Gasteiger partial charge >= 0.3 is 0 Å². The molecule has 3 aromatic heterocycles. The first-order valence-electron chi connectivity index (χ1n) is 8.72. The Morgan fingerprint density at radius 2 is 1.81 bits per heavy atom. The van der Waals surface area contributed by atoms with Crippen LogP contribution >= 0.6 is 0 Å². The lowest BCUT2D eigenvalue weighted by Crippen LogP contribution is -2.20. The fraction of sp³-hybridized carbons (Fsp3) is 0.143. The monoisotopic (exact) mass is 357 g/mol. The Bertz CT molecular complexity index is 1120. The van der Waals surface area contributed by atoms with Crippen LogP contribution in [0.15, 0.2) is 60.9 Å². The number of rotatable bonds is 4. The van der Waals surface area contributed by atoms with E-state index in [-0.39, 0.29) is 12.5 Å². The van der Waals surface area contributed by atoms with E-state index in [1.165, 1.54) is 0 Å². The molecule has 3 heterocycles. The molecule has 0 bridgehead atoms. The number of carbonyl (C=O) groups excluding carboxylic acids is 1. The van der Waals surface area contributed by atoms with E-state index >= 15 is 0 Å². The van der Waals surface area contributed by atoms with Crippen molar-refractivity contribution in [1.82, 2.24) is 19.7 Å². The highest BCUT2D eigenvalue weighted by Crippen LogP contribution is 2.29. The third-order valence-electron chi connectivity index (χ3n) is 4.37. The first-order valence-corrected chi connectivity index (χ1v) is 8.72. The Hall–Kier alpha value is -3.54. The van der Waals surface area contributed by atoms with Crippen LogP contribution in [0.25, 0.3) is 22.2 Å². The molecule has 0 saturated heterocycles. The summed E-state index contributed by atoms with van der Waals surface area (Å²) < 4.78 is 1.64. The van der Waals surface area contributed by atoms with E-state index < -0.39 is 0 Å². The topological polar surface area (TPSA) is 72.7 Å². The molecule has 27 heavy (non-hydrogen) atoms. The molecule has 0 aliphatic carbocycles. The zero-order valence-electron chi connectivity index (χ0n) is 15.2. The number of aromatic nitrogens is 4. The van der Waals surface area contributed by atoms with Crippen LogP contribution in [-0.4, -0.2) is 25.7 Å². The van der Waals surface area contributed by atoms with E-state index in [9.17, 15) is 4.79 Å². The van der Waals surface area contributed by atoms with Gasteiger partial charge in [0.1, 0.15) is 12.4 Å². The van der Waals surface area contributed by atoms with E-state index in [0.717, 1.165) is 27.8 Å². The van der Waals surface area contributed by atoms with Crippen LogP contribution in [0.3, 0.4) is 0 Å². The number of aryl methyl sites for hydroxylation is 2. The summed E-state index contributed by atoms with van der Waals surface area (Å²) in [7, 11) is 0. The first kappa shape index (κ1) is 16.9. The summed E-state index contributed by atoms with van der Waals surface area (Å²) in [6.07, 6.45) is 3.42. The Balaban J connectivity index is 1.66. The second-order valence-corrected chi connectivity index (χ2v) is 6.43. The first-order chi connectivity index (χ1) is 13.1. The van der Waals surface area contributed by atoms with Gasteiger partial charge in [0.05, 0.1) is 5.69 Å². The number of amides is 1. The summed E-state index contributed by atoms with van der Waals surface area (Å²) in [4.78, 5) is 21.1. The van der Waals surface area contributed by atoms with Gasteiger partial charge in [-0.3, -0.25) is 4.79 Å². The molecule has 0 aliphatic rings. The summed E-state index contributed by atoms with van der Waals surface area (Å²) in [5, 5.41) is 8.32. The molecule has 0 atom stereocenters. The van der Waals surface area contributed by atoms with Crippen LogP contribution in [0.1, 0.15) is 11.3 Å². The predicted octanol–water partition coefficient (Wildman–Crippen LogP) is 3.75. The Labute approximate surface area is 156 Å². The average molecular weight is 357 g/mol. The lowest BCUT2D eigenvalue weighted by molar-refractivity contribution is -0.116. The maximum Gasteiger partial charge on any atom is 0.247 e. The fourth-order valence-electron chi connectivity index (χ4n) is 3.17. The van der Waals surface area contributed by atoms with E-state index in [1.54, 1.807) is 17.1 Å². The Morgan fingerprint density at radius 1 is 1.04 bits per heavy atom. The molecular weight excluding hydrogens is 338 g/mol. The van der Waals surface area contributed by atoms with Gasteiger partial charge in [-0.15, -0.1) is 0 Å². The number of nitrogens with one attached hydrogen (secondary N) is 1. The number of hydrogen-bond donors (Lipinski definition) is 1. The van der Waals surface area contributed by atoms with Gasteiger partial charge in [0.25, 0.3) is 0 Å². The molecular formula is C21H19N5O. The summed E-state index contributed by atoms with van der Waals surface area (Å²) in [5.41, 5.74) is 4.74. The van der Waals surface area contributed by atoms with Crippen LogP contribution in [0.4, 0.5) is 5.82 Å². The molecule has 6 nitrogen and oxygen atoms in total. The zero-order valence-corrected chi connectivity index (χ0v) is 15.2. The van der Waals surface area contributed by atoms with Gasteiger partial charge < -0.3 is 5.32 Å². The zero-order chi connectivity index (χ0) is 18.8. The molecule has 0 fully saturated rings. The second kappa shape index (κ2) is 6.99. The quantitative estimate of drug-likeness (QED) is 0.604. The molecule has 0 saturated carbocycles. The molecule has 4 aromatic rings. The van der Waals surface area contributed by atoms with Gasteiger partial charge in [-0.2, -0.15) is 5.10 Å². The van der Waals surface area contributed by atoms with Gasteiger partial charge in [0.2, 0.25) is 5.91 Å². The van der Waals surface area contributed by atoms with Gasteiger partial charge in [0, 0.05) is 17.8 Å². The van der Waals surface area contributed by atoms with Crippen molar-refractivity contribution in [2.24, 2.45) is 0 Å². The SMILES string of the molecule is Cc1ccnc(NC(=O)Cn2nc(C)c3c(-c4ccccc4)ccnc32)c1. The Kier molecular flexibility index (Phi) is 4.38. The highest BCUT2D eigenvalue weighted by molar-refractivity contribution is 5.96. The van der Waals surface area contributed by atoms with E-state index in [1.807, 2.05) is 50.2 Å². The molecule has 6 heteroatoms. The van der Waals surface area contributed by atoms with Crippen molar-refractivity contribution in [3.05, 3.63) is 72.2 Å². The standard InChI is InChI=1S/C21H19N5O/c1-14-8-10-22-18(12-14)24-19(27)13-26-21-20(15(2)25-26)17(9-11-23-21)16-6-4-3-5-7-16/h3-12H,13H2,1-2H3,(H,22,24,27). The molecule has 134 valence electrons. The lowest BCUT2D eigenvalue weighted by Gasteiger charge is -2.07. The van der Waals surface area contributed by atoms with Gasteiger partial charge in [-0.05, 0) is 48.7 Å². The normalized spacial score (nSPS) is 10.9. The van der Waals surface area contributed by atoms with Crippen LogP contribution < -0.4 is 5.32 Å². The average Bonchev–Trinajstić information content (AvgIpc) is 2.98. The summed E-state index contributed by atoms with van der Waals surface area (Å²) in [5.74, 6) is 0.343. The van der Waals surface area contributed by atoms with Crippen molar-refractivity contribution in [2.75, 3.05) is 5.32 Å². The third-order valence-corrected chi connectivity index (χ3v) is 4.37. The highest BCUT2D eigenvalue weighted by Gasteiger charge is 2.16. The van der Waals surface area contributed by atoms with Crippen LogP contribution in [0.5, 0.6) is 0 Å². The van der Waals surface area contributed by atoms with Crippen LogP contribution in [-0.2, 0) is 11.3 Å². The van der Waals surface area contributed by atoms with Crippen LogP contribution in [0, 0.1) is 13.8 Å². The number of benzene rings is 1. The lowest BCUT2D eigenvalue weighted by atomic mass is 10.0. The van der Waals surface area contributed by atoms with E-state index in [2.05, 4.69) is 32.5 Å². The van der Waals surface area contributed by atoms with E-state index in [0.29, 0.717) is 11.5 Å². The van der Waals surface area contributed by atoms with Crippen molar-refractivity contribution in [2.45, 2.75) is 20.4 Å². The number of carbonyl (C=O) groups is 1. The van der Waals surface area contributed by atoms with Crippen molar-refractivity contribution >= 4 is 22.8 Å². The van der Waals surface area contributed by atoms with Crippen LogP contribution in [0.2, 0.25) is 0 Å². The minimum absolute atomic E-state index is 0.0746. The Morgan fingerprint density at radius 3 is 2.59 bits per heavy atom. The van der Waals surface area contributed by atoms with Crippen molar-refractivity contribution < 1.29 is 4.79 Å². The second-order valence-electron chi connectivity index (χ2n) is 6.43. The predicted molar refractivity (Wildman–Crippen MR) is 105 cm³/mol. The third kappa shape index (κ3) is 3.42. The van der Waals surface area contributed by atoms with Gasteiger partial charge in [-0.25, -0.2) is 14.6 Å². The number of fused-ring (bicyclic) bond motifs is 1. The molecule has 0 unspecified atom stereocenters. The summed E-state index contributed by atoms with van der Waals surface area (Å²) in [6, 6.07) is 15.8. The number of nitrogens with zero attached hydrogens (tertiary/aromatic N) is 4. The molecule has 1 amide bonds. The van der Waals surface area contributed by atoms with Crippen molar-refractivity contribution in [1.29, 1.82) is 0 Å². The highest BCUT2D eigenvalue weighted by atomic mass is 16.2. The number of pyridine rings is 2.